The third-order valence-corrected chi connectivity index (χ3v) is 5.17. The molecule has 2 atom stereocenters. The second kappa shape index (κ2) is 7.87. The van der Waals surface area contributed by atoms with Crippen molar-refractivity contribution in [3.63, 3.8) is 0 Å². The number of phenols is 1. The van der Waals surface area contributed by atoms with E-state index in [-0.39, 0.29) is 12.2 Å². The Kier molecular flexibility index (Phi) is 5.13. The zero-order valence-electron chi connectivity index (χ0n) is 16.1. The Morgan fingerprint density at radius 3 is 2.36 bits per heavy atom. The van der Waals surface area contributed by atoms with Gasteiger partial charge in [-0.15, -0.1) is 0 Å². The maximum atomic E-state index is 10.4. The molecule has 0 radical (unpaired) electrons. The monoisotopic (exact) mass is 372 g/mol. The molecule has 28 heavy (non-hydrogen) atoms. The van der Waals surface area contributed by atoms with Gasteiger partial charge < -0.3 is 9.84 Å². The van der Waals surface area contributed by atoms with Crippen molar-refractivity contribution in [1.29, 1.82) is 0 Å². The highest BCUT2D eigenvalue weighted by atomic mass is 16.5. The average Bonchev–Trinajstić information content (AvgIpc) is 2.74. The number of hydrogen-bond acceptors (Lipinski definition) is 4. The molecule has 142 valence electrons. The van der Waals surface area contributed by atoms with Gasteiger partial charge in [0.05, 0.1) is 7.11 Å². The molecular weight excluding hydrogens is 348 g/mol. The molecule has 4 nitrogen and oxygen atoms in total. The lowest BCUT2D eigenvalue weighted by atomic mass is 9.93. The molecule has 3 aromatic carbocycles. The van der Waals surface area contributed by atoms with Crippen LogP contribution in [-0.4, -0.2) is 17.9 Å². The molecule has 0 amide bonds. The van der Waals surface area contributed by atoms with Crippen molar-refractivity contribution in [1.82, 2.24) is 5.32 Å². The van der Waals surface area contributed by atoms with E-state index in [1.54, 1.807) is 13.2 Å². The van der Waals surface area contributed by atoms with Gasteiger partial charge in [0.15, 0.2) is 0 Å². The first-order valence-electron chi connectivity index (χ1n) is 9.45. The first-order chi connectivity index (χ1) is 13.6. The topological polar surface area (TPSA) is 53.8 Å². The maximum absolute atomic E-state index is 10.4. The first kappa shape index (κ1) is 18.3. The van der Waals surface area contributed by atoms with Crippen LogP contribution in [0.15, 0.2) is 77.8 Å². The van der Waals surface area contributed by atoms with E-state index < -0.39 is 0 Å². The van der Waals surface area contributed by atoms with Gasteiger partial charge in [-0.05, 0) is 48.4 Å². The lowest BCUT2D eigenvalue weighted by Crippen LogP contribution is -2.33. The molecule has 0 saturated heterocycles. The number of hydrogen-bond donors (Lipinski definition) is 2. The third-order valence-electron chi connectivity index (χ3n) is 5.17. The second-order valence-corrected chi connectivity index (χ2v) is 7.10. The van der Waals surface area contributed by atoms with E-state index in [1.165, 1.54) is 5.56 Å². The van der Waals surface area contributed by atoms with E-state index in [1.807, 2.05) is 42.5 Å². The van der Waals surface area contributed by atoms with Crippen LogP contribution >= 0.6 is 0 Å². The number of rotatable bonds is 4. The Morgan fingerprint density at radius 2 is 1.68 bits per heavy atom. The van der Waals surface area contributed by atoms with Crippen molar-refractivity contribution >= 4 is 5.71 Å². The molecule has 0 fully saturated rings. The van der Waals surface area contributed by atoms with E-state index in [4.69, 9.17) is 9.73 Å². The summed E-state index contributed by atoms with van der Waals surface area (Å²) in [4.78, 5) is 5.00. The summed E-state index contributed by atoms with van der Waals surface area (Å²) in [6.45, 7) is 2.08. The lowest BCUT2D eigenvalue weighted by Gasteiger charge is -2.31. The average molecular weight is 372 g/mol. The molecule has 3 aromatic rings. The number of para-hydroxylation sites is 1. The summed E-state index contributed by atoms with van der Waals surface area (Å²) in [5, 5.41) is 14.0. The molecule has 1 aliphatic heterocycles. The molecule has 0 aliphatic carbocycles. The van der Waals surface area contributed by atoms with Crippen LogP contribution in [0.2, 0.25) is 0 Å². The number of aromatic hydroxyl groups is 1. The highest BCUT2D eigenvalue weighted by Crippen LogP contribution is 2.34. The SMILES string of the molecule is COc1ccc(C2=N[C@@H](c3ccc(C)cc3)N[C@@H](c3ccccc3O)C2)cc1. The van der Waals surface area contributed by atoms with Crippen LogP contribution in [0.3, 0.4) is 0 Å². The predicted molar refractivity (Wildman–Crippen MR) is 112 cm³/mol. The zero-order valence-corrected chi connectivity index (χ0v) is 16.1. The standard InChI is InChI=1S/C24H24N2O2/c1-16-7-9-18(10-8-16)24-25-21(17-11-13-19(28-2)14-12-17)15-22(26-24)20-5-3-4-6-23(20)27/h3-14,22,24,26-27H,15H2,1-2H3/t22-,24-/m1/s1. The number of aryl methyl sites for hydroxylation is 1. The lowest BCUT2D eigenvalue weighted by molar-refractivity contribution is 0.412. The Morgan fingerprint density at radius 1 is 0.964 bits per heavy atom. The number of methoxy groups -OCH3 is 1. The van der Waals surface area contributed by atoms with E-state index in [0.717, 1.165) is 28.2 Å². The highest BCUT2D eigenvalue weighted by molar-refractivity contribution is 6.01. The van der Waals surface area contributed by atoms with E-state index in [9.17, 15) is 5.11 Å². The molecule has 4 rings (SSSR count). The van der Waals surface area contributed by atoms with Gasteiger partial charge >= 0.3 is 0 Å². The highest BCUT2D eigenvalue weighted by Gasteiger charge is 2.27. The van der Waals surface area contributed by atoms with Gasteiger partial charge in [-0.3, -0.25) is 10.3 Å². The van der Waals surface area contributed by atoms with Crippen molar-refractivity contribution in [3.05, 3.63) is 95.1 Å². The molecule has 0 saturated carbocycles. The van der Waals surface area contributed by atoms with Crippen molar-refractivity contribution < 1.29 is 9.84 Å². The number of ether oxygens (including phenoxy) is 1. The molecule has 0 aromatic heterocycles. The summed E-state index contributed by atoms with van der Waals surface area (Å²) >= 11 is 0. The fourth-order valence-corrected chi connectivity index (χ4v) is 3.57. The van der Waals surface area contributed by atoms with Gasteiger partial charge in [0.25, 0.3) is 0 Å². The predicted octanol–water partition coefficient (Wildman–Crippen LogP) is 4.93. The third kappa shape index (κ3) is 3.78. The Hall–Kier alpha value is -3.11. The van der Waals surface area contributed by atoms with E-state index in [2.05, 4.69) is 36.5 Å². The molecule has 0 unspecified atom stereocenters. The largest absolute Gasteiger partial charge is 0.508 e. The Balaban J connectivity index is 1.73. The van der Waals surface area contributed by atoms with E-state index in [0.29, 0.717) is 12.2 Å². The molecule has 2 N–H and O–H groups in total. The van der Waals surface area contributed by atoms with Gasteiger partial charge in [-0.25, -0.2) is 0 Å². The first-order valence-corrected chi connectivity index (χ1v) is 9.45. The molecule has 1 heterocycles. The fourth-order valence-electron chi connectivity index (χ4n) is 3.57. The van der Waals surface area contributed by atoms with Crippen molar-refractivity contribution in [3.8, 4) is 11.5 Å². The summed E-state index contributed by atoms with van der Waals surface area (Å²) in [6.07, 6.45) is 0.530. The summed E-state index contributed by atoms with van der Waals surface area (Å²) in [5.74, 6) is 1.13. The minimum atomic E-state index is -0.170. The van der Waals surface area contributed by atoms with Crippen LogP contribution in [-0.2, 0) is 0 Å². The summed E-state index contributed by atoms with van der Waals surface area (Å²) in [7, 11) is 1.67. The minimum Gasteiger partial charge on any atom is -0.508 e. The van der Waals surface area contributed by atoms with Gasteiger partial charge in [0.2, 0.25) is 0 Å². The number of benzene rings is 3. The zero-order chi connectivity index (χ0) is 19.5. The van der Waals surface area contributed by atoms with Crippen LogP contribution < -0.4 is 10.1 Å². The van der Waals surface area contributed by atoms with E-state index >= 15 is 0 Å². The summed E-state index contributed by atoms with van der Waals surface area (Å²) < 4.78 is 5.28. The van der Waals surface area contributed by atoms with Crippen LogP contribution in [0.4, 0.5) is 0 Å². The number of aliphatic imine (C=N–C) groups is 1. The van der Waals surface area contributed by atoms with Crippen LogP contribution in [0.25, 0.3) is 0 Å². The molecule has 0 spiro atoms. The van der Waals surface area contributed by atoms with Crippen molar-refractivity contribution in [2.45, 2.75) is 25.6 Å². The molecule has 4 heteroatoms. The normalized spacial score (nSPS) is 19.1. The fraction of sp³-hybridized carbons (Fsp3) is 0.208. The second-order valence-electron chi connectivity index (χ2n) is 7.10. The van der Waals surface area contributed by atoms with Gasteiger partial charge in [0, 0.05) is 23.7 Å². The van der Waals surface area contributed by atoms with Gasteiger partial charge in [0.1, 0.15) is 17.7 Å². The summed E-state index contributed by atoms with van der Waals surface area (Å²) in [5.41, 5.74) is 5.30. The Labute approximate surface area is 165 Å². The molecular formula is C24H24N2O2. The Bertz CT molecular complexity index is 978. The molecule has 1 aliphatic rings. The van der Waals surface area contributed by atoms with Crippen LogP contribution in [0.1, 0.15) is 40.9 Å². The minimum absolute atomic E-state index is 0.0258. The van der Waals surface area contributed by atoms with Crippen molar-refractivity contribution in [2.24, 2.45) is 4.99 Å². The van der Waals surface area contributed by atoms with Gasteiger partial charge in [-0.2, -0.15) is 0 Å². The number of nitrogens with one attached hydrogen (secondary N) is 1. The van der Waals surface area contributed by atoms with Gasteiger partial charge in [-0.1, -0.05) is 48.0 Å². The van der Waals surface area contributed by atoms with Crippen molar-refractivity contribution in [2.75, 3.05) is 7.11 Å². The van der Waals surface area contributed by atoms with Crippen LogP contribution in [0.5, 0.6) is 11.5 Å². The number of phenolic OH excluding ortho intramolecular Hbond substituents is 1. The molecule has 0 bridgehead atoms. The quantitative estimate of drug-likeness (QED) is 0.683. The number of nitrogens with zero attached hydrogens (tertiary/aromatic N) is 1. The smallest absolute Gasteiger partial charge is 0.126 e. The van der Waals surface area contributed by atoms with Crippen LogP contribution in [0, 0.1) is 6.92 Å². The summed E-state index contributed by atoms with van der Waals surface area (Å²) in [6, 6.07) is 23.9. The maximum Gasteiger partial charge on any atom is 0.126 e.